The van der Waals surface area contributed by atoms with Crippen molar-refractivity contribution in [3.63, 3.8) is 0 Å². The molecule has 5 rings (SSSR count). The van der Waals surface area contributed by atoms with Crippen LogP contribution in [-0.2, 0) is 9.47 Å². The van der Waals surface area contributed by atoms with E-state index >= 15 is 0 Å². The number of nitrogens with zero attached hydrogens (tertiary/aromatic N) is 3. The van der Waals surface area contributed by atoms with Gasteiger partial charge in [-0.15, -0.1) is 24.0 Å². The maximum absolute atomic E-state index is 6.16. The Morgan fingerprint density at radius 2 is 1.89 bits per heavy atom. The first-order valence-electron chi connectivity index (χ1n) is 10.9. The van der Waals surface area contributed by atoms with Gasteiger partial charge in [-0.05, 0) is 31.9 Å². The third-order valence-corrected chi connectivity index (χ3v) is 8.61. The molecule has 2 bridgehead atoms. The number of rotatable bonds is 4. The second kappa shape index (κ2) is 9.16. The molecule has 0 radical (unpaired) electrons. The lowest BCUT2D eigenvalue weighted by atomic mass is 9.82. The number of hydrogen-bond acceptors (Lipinski definition) is 5. The molecular weight excluding hydrogens is 487 g/mol. The molecule has 160 valence electrons. The van der Waals surface area contributed by atoms with Crippen LogP contribution in [-0.4, -0.2) is 97.5 Å². The molecule has 8 heteroatoms. The van der Waals surface area contributed by atoms with Gasteiger partial charge in [0, 0.05) is 50.3 Å². The highest BCUT2D eigenvalue weighted by molar-refractivity contribution is 14.0. The van der Waals surface area contributed by atoms with E-state index in [1.165, 1.54) is 30.8 Å². The molecular formula is C20H35IN4O2S. The minimum Gasteiger partial charge on any atom is -0.379 e. The van der Waals surface area contributed by atoms with Crippen LogP contribution < -0.4 is 5.32 Å². The summed E-state index contributed by atoms with van der Waals surface area (Å²) in [5, 5.41) is 3.59. The lowest BCUT2D eigenvalue weighted by Gasteiger charge is -2.42. The van der Waals surface area contributed by atoms with Crippen LogP contribution in [0.15, 0.2) is 4.99 Å². The van der Waals surface area contributed by atoms with E-state index < -0.39 is 0 Å². The Hall–Kier alpha value is 0.230. The molecule has 0 amide bonds. The first-order chi connectivity index (χ1) is 13.3. The molecule has 5 aliphatic rings. The van der Waals surface area contributed by atoms with Gasteiger partial charge in [-0.1, -0.05) is 0 Å². The van der Waals surface area contributed by atoms with Crippen molar-refractivity contribution >= 4 is 41.7 Å². The summed E-state index contributed by atoms with van der Waals surface area (Å²) in [5.41, 5.74) is 0.229. The number of hydrogen-bond donors (Lipinski definition) is 1. The SMILES string of the molecule is CCNC(=NCC1(N2CCOCC2)CCSC1)N1CC2C3CCC(O3)C2C1.I. The molecule has 0 aromatic rings. The van der Waals surface area contributed by atoms with E-state index in [1.807, 2.05) is 0 Å². The third kappa shape index (κ3) is 3.92. The van der Waals surface area contributed by atoms with Crippen LogP contribution in [0.3, 0.4) is 0 Å². The number of fused-ring (bicyclic) bond motifs is 5. The summed E-state index contributed by atoms with van der Waals surface area (Å²) in [4.78, 5) is 10.4. The summed E-state index contributed by atoms with van der Waals surface area (Å²) in [5.74, 6) is 5.05. The lowest BCUT2D eigenvalue weighted by Crippen LogP contribution is -2.56. The summed E-state index contributed by atoms with van der Waals surface area (Å²) in [6, 6.07) is 0. The van der Waals surface area contributed by atoms with E-state index in [9.17, 15) is 0 Å². The average molecular weight is 522 g/mol. The predicted octanol–water partition coefficient (Wildman–Crippen LogP) is 1.89. The fourth-order valence-electron chi connectivity index (χ4n) is 5.89. The van der Waals surface area contributed by atoms with Gasteiger partial charge in [0.25, 0.3) is 0 Å². The summed E-state index contributed by atoms with van der Waals surface area (Å²) < 4.78 is 11.8. The van der Waals surface area contributed by atoms with Crippen molar-refractivity contribution in [1.29, 1.82) is 0 Å². The van der Waals surface area contributed by atoms with Crippen LogP contribution in [0.4, 0.5) is 0 Å². The summed E-state index contributed by atoms with van der Waals surface area (Å²) >= 11 is 2.09. The Bertz CT molecular complexity index is 550. The number of likely N-dealkylation sites (tertiary alicyclic amines) is 1. The molecule has 5 aliphatic heterocycles. The number of halogens is 1. The van der Waals surface area contributed by atoms with Crippen molar-refractivity contribution < 1.29 is 9.47 Å². The van der Waals surface area contributed by atoms with Crippen molar-refractivity contribution in [1.82, 2.24) is 15.1 Å². The second-order valence-electron chi connectivity index (χ2n) is 8.82. The lowest BCUT2D eigenvalue weighted by molar-refractivity contribution is -0.0105. The quantitative estimate of drug-likeness (QED) is 0.346. The second-order valence-corrected chi connectivity index (χ2v) is 9.92. The first kappa shape index (κ1) is 21.5. The molecule has 5 heterocycles. The van der Waals surface area contributed by atoms with Gasteiger partial charge in [0.2, 0.25) is 0 Å². The standard InChI is InChI=1S/C20H34N4O2S.HI/c1-2-21-19(23-11-15-16(12-23)18-4-3-17(15)26-18)22-13-20(5-10-27-14-20)24-6-8-25-9-7-24;/h15-18H,2-14H2,1H3,(H,21,22);1H. The number of aliphatic imine (C=N–C) groups is 1. The van der Waals surface area contributed by atoms with E-state index in [2.05, 4.69) is 33.8 Å². The molecule has 0 aromatic carbocycles. The fraction of sp³-hybridized carbons (Fsp3) is 0.950. The molecule has 5 unspecified atom stereocenters. The van der Waals surface area contributed by atoms with Crippen molar-refractivity contribution in [2.75, 3.05) is 64.0 Å². The predicted molar refractivity (Wildman–Crippen MR) is 125 cm³/mol. The largest absolute Gasteiger partial charge is 0.379 e. The van der Waals surface area contributed by atoms with Crippen molar-refractivity contribution in [3.05, 3.63) is 0 Å². The summed E-state index contributed by atoms with van der Waals surface area (Å²) in [6.07, 6.45) is 4.82. The summed E-state index contributed by atoms with van der Waals surface area (Å²) in [6.45, 7) is 10.1. The maximum atomic E-state index is 6.16. The minimum atomic E-state index is 0. The van der Waals surface area contributed by atoms with Crippen LogP contribution in [0.5, 0.6) is 0 Å². The number of nitrogens with one attached hydrogen (secondary N) is 1. The maximum Gasteiger partial charge on any atom is 0.194 e. The average Bonchev–Trinajstić information content (AvgIpc) is 3.48. The summed E-state index contributed by atoms with van der Waals surface area (Å²) in [7, 11) is 0. The van der Waals surface area contributed by atoms with E-state index in [-0.39, 0.29) is 29.5 Å². The van der Waals surface area contributed by atoms with Gasteiger partial charge in [-0.3, -0.25) is 9.89 Å². The zero-order chi connectivity index (χ0) is 18.3. The molecule has 28 heavy (non-hydrogen) atoms. The highest BCUT2D eigenvalue weighted by atomic mass is 127. The molecule has 6 nitrogen and oxygen atoms in total. The number of guanidine groups is 1. The number of thioether (sulfide) groups is 1. The molecule has 5 fully saturated rings. The van der Waals surface area contributed by atoms with Crippen LogP contribution in [0.25, 0.3) is 0 Å². The molecule has 0 saturated carbocycles. The molecule has 0 aromatic heterocycles. The smallest absolute Gasteiger partial charge is 0.194 e. The zero-order valence-corrected chi connectivity index (χ0v) is 20.1. The normalized spacial score (nSPS) is 40.6. The first-order valence-corrected chi connectivity index (χ1v) is 12.0. The third-order valence-electron chi connectivity index (χ3n) is 7.37. The Labute approximate surface area is 190 Å². The van der Waals surface area contributed by atoms with Gasteiger partial charge >= 0.3 is 0 Å². The molecule has 1 N–H and O–H groups in total. The Kier molecular flexibility index (Phi) is 7.02. The van der Waals surface area contributed by atoms with E-state index in [4.69, 9.17) is 14.5 Å². The molecule has 0 spiro atoms. The topological polar surface area (TPSA) is 49.3 Å². The zero-order valence-electron chi connectivity index (χ0n) is 17.0. The van der Waals surface area contributed by atoms with Gasteiger partial charge in [-0.25, -0.2) is 0 Å². The highest BCUT2D eigenvalue weighted by Gasteiger charge is 2.53. The Morgan fingerprint density at radius 1 is 1.18 bits per heavy atom. The van der Waals surface area contributed by atoms with Crippen molar-refractivity contribution in [3.8, 4) is 0 Å². The van der Waals surface area contributed by atoms with Gasteiger partial charge in [0.05, 0.1) is 37.5 Å². The van der Waals surface area contributed by atoms with Crippen molar-refractivity contribution in [2.24, 2.45) is 16.8 Å². The van der Waals surface area contributed by atoms with Crippen molar-refractivity contribution in [2.45, 2.75) is 43.9 Å². The van der Waals surface area contributed by atoms with Gasteiger partial charge < -0.3 is 19.7 Å². The fourth-order valence-corrected chi connectivity index (χ4v) is 7.36. The van der Waals surface area contributed by atoms with Crippen LogP contribution >= 0.6 is 35.7 Å². The Morgan fingerprint density at radius 3 is 2.50 bits per heavy atom. The van der Waals surface area contributed by atoms with Gasteiger partial charge in [0.15, 0.2) is 5.96 Å². The number of morpholine rings is 1. The Balaban J connectivity index is 0.00000192. The van der Waals surface area contributed by atoms with Gasteiger partial charge in [-0.2, -0.15) is 11.8 Å². The molecule has 5 saturated heterocycles. The highest BCUT2D eigenvalue weighted by Crippen LogP contribution is 2.47. The van der Waals surface area contributed by atoms with Gasteiger partial charge in [0.1, 0.15) is 0 Å². The van der Waals surface area contributed by atoms with E-state index in [0.29, 0.717) is 12.2 Å². The molecule has 5 atom stereocenters. The van der Waals surface area contributed by atoms with Crippen LogP contribution in [0.2, 0.25) is 0 Å². The van der Waals surface area contributed by atoms with Crippen LogP contribution in [0.1, 0.15) is 26.2 Å². The van der Waals surface area contributed by atoms with Crippen LogP contribution in [0, 0.1) is 11.8 Å². The van der Waals surface area contributed by atoms with E-state index in [1.54, 1.807) is 0 Å². The monoisotopic (exact) mass is 522 g/mol. The minimum absolute atomic E-state index is 0. The number of ether oxygens (including phenoxy) is 2. The van der Waals surface area contributed by atoms with E-state index in [0.717, 1.165) is 70.3 Å². The molecule has 0 aliphatic carbocycles.